The van der Waals surface area contributed by atoms with E-state index in [1.54, 1.807) is 39.3 Å². The number of thioether (sulfide) groups is 1. The van der Waals surface area contributed by atoms with Gasteiger partial charge in [0.1, 0.15) is 11.5 Å². The molecule has 1 fully saturated rings. The van der Waals surface area contributed by atoms with Crippen LogP contribution in [-0.2, 0) is 4.79 Å². The number of imide groups is 1. The Morgan fingerprint density at radius 3 is 2.41 bits per heavy atom. The van der Waals surface area contributed by atoms with E-state index in [1.165, 1.54) is 0 Å². The van der Waals surface area contributed by atoms with Crippen molar-refractivity contribution in [3.63, 3.8) is 0 Å². The third-order valence-electron chi connectivity index (χ3n) is 4.58. The van der Waals surface area contributed by atoms with Crippen LogP contribution in [0.4, 0.5) is 4.79 Å². The van der Waals surface area contributed by atoms with Gasteiger partial charge in [0, 0.05) is 17.7 Å². The van der Waals surface area contributed by atoms with Gasteiger partial charge in [-0.15, -0.1) is 10.2 Å². The molecule has 1 aliphatic rings. The Hall–Kier alpha value is -2.75. The number of nitrogens with one attached hydrogen (secondary N) is 2. The fraction of sp³-hybridized carbons (Fsp3) is 0.474. The maximum Gasteiger partial charge on any atom is 0.321 e. The number of methoxy groups -OCH3 is 2. The van der Waals surface area contributed by atoms with Gasteiger partial charge in [0.05, 0.1) is 19.5 Å². The summed E-state index contributed by atoms with van der Waals surface area (Å²) in [6.07, 6.45) is 4.10. The summed E-state index contributed by atoms with van der Waals surface area (Å²) in [6.45, 7) is 1.67. The van der Waals surface area contributed by atoms with E-state index in [1.807, 2.05) is 0 Å². The normalized spacial score (nSPS) is 15.0. The molecule has 1 saturated carbocycles. The fourth-order valence-corrected chi connectivity index (χ4v) is 3.70. The number of carbonyl (C=O) groups is 2. The molecule has 29 heavy (non-hydrogen) atoms. The van der Waals surface area contributed by atoms with Gasteiger partial charge in [0.15, 0.2) is 0 Å². The Morgan fingerprint density at radius 1 is 1.14 bits per heavy atom. The molecule has 3 amide bonds. The van der Waals surface area contributed by atoms with E-state index in [0.29, 0.717) is 17.1 Å². The fourth-order valence-electron chi connectivity index (χ4n) is 3.01. The highest BCUT2D eigenvalue weighted by Crippen LogP contribution is 2.31. The number of nitrogens with zero attached hydrogens (tertiary/aromatic N) is 2. The van der Waals surface area contributed by atoms with E-state index in [9.17, 15) is 9.59 Å². The molecule has 0 unspecified atom stereocenters. The molecule has 0 bridgehead atoms. The third kappa shape index (κ3) is 5.63. The lowest BCUT2D eigenvalue weighted by Gasteiger charge is -2.13. The Morgan fingerprint density at radius 2 is 1.79 bits per heavy atom. The number of aromatic nitrogens is 2. The van der Waals surface area contributed by atoms with Crippen molar-refractivity contribution in [3.05, 3.63) is 18.2 Å². The summed E-state index contributed by atoms with van der Waals surface area (Å²) in [6, 6.07) is 4.90. The number of rotatable bonds is 7. The summed E-state index contributed by atoms with van der Waals surface area (Å²) in [5.74, 6) is 1.03. The molecule has 1 heterocycles. The minimum atomic E-state index is -0.586. The molecular weight excluding hydrogens is 396 g/mol. The number of ether oxygens (including phenoxy) is 2. The second-order valence-electron chi connectivity index (χ2n) is 6.68. The highest BCUT2D eigenvalue weighted by Gasteiger charge is 2.23. The zero-order valence-corrected chi connectivity index (χ0v) is 17.4. The molecule has 0 radical (unpaired) electrons. The lowest BCUT2D eigenvalue weighted by atomic mass is 10.2. The van der Waals surface area contributed by atoms with Crippen LogP contribution in [0, 0.1) is 0 Å². The highest BCUT2D eigenvalue weighted by molar-refractivity contribution is 8.00. The summed E-state index contributed by atoms with van der Waals surface area (Å²) in [7, 11) is 3.10. The van der Waals surface area contributed by atoms with Crippen molar-refractivity contribution in [2.24, 2.45) is 0 Å². The lowest BCUT2D eigenvalue weighted by molar-refractivity contribution is -0.119. The first-order valence-corrected chi connectivity index (χ1v) is 10.2. The van der Waals surface area contributed by atoms with Crippen molar-refractivity contribution >= 4 is 23.7 Å². The average molecular weight is 420 g/mol. The molecule has 2 N–H and O–H groups in total. The summed E-state index contributed by atoms with van der Waals surface area (Å²) in [5, 5.41) is 12.8. The van der Waals surface area contributed by atoms with Crippen LogP contribution in [0.2, 0.25) is 0 Å². The number of carbonyl (C=O) groups excluding carboxylic acids is 2. The van der Waals surface area contributed by atoms with Crippen LogP contribution in [0.25, 0.3) is 11.5 Å². The second-order valence-corrected chi connectivity index (χ2v) is 7.97. The van der Waals surface area contributed by atoms with Crippen molar-refractivity contribution in [1.82, 2.24) is 20.8 Å². The van der Waals surface area contributed by atoms with Gasteiger partial charge in [0.2, 0.25) is 11.8 Å². The number of amides is 3. The minimum absolute atomic E-state index is 0.143. The molecule has 0 saturated heterocycles. The highest BCUT2D eigenvalue weighted by atomic mass is 32.2. The molecule has 2 aromatic rings. The smallest absolute Gasteiger partial charge is 0.321 e. The molecule has 10 heteroatoms. The lowest BCUT2D eigenvalue weighted by Crippen LogP contribution is -2.45. The van der Waals surface area contributed by atoms with Crippen LogP contribution >= 0.6 is 11.8 Å². The van der Waals surface area contributed by atoms with Gasteiger partial charge < -0.3 is 19.2 Å². The molecule has 9 nitrogen and oxygen atoms in total. The molecule has 3 rings (SSSR count). The van der Waals surface area contributed by atoms with Gasteiger partial charge in [-0.1, -0.05) is 24.6 Å². The SMILES string of the molecule is COc1cc(OC)cc(-c2nnc(S[C@H](C)C(=O)NC(=O)NC3CCCC3)o2)c1. The zero-order chi connectivity index (χ0) is 20.8. The van der Waals surface area contributed by atoms with E-state index in [2.05, 4.69) is 20.8 Å². The van der Waals surface area contributed by atoms with Crippen molar-refractivity contribution < 1.29 is 23.5 Å². The summed E-state index contributed by atoms with van der Waals surface area (Å²) in [4.78, 5) is 24.2. The average Bonchev–Trinajstić information content (AvgIpc) is 3.39. The van der Waals surface area contributed by atoms with Crippen LogP contribution in [0.5, 0.6) is 11.5 Å². The van der Waals surface area contributed by atoms with Gasteiger partial charge >= 0.3 is 6.03 Å². The first-order chi connectivity index (χ1) is 14.0. The van der Waals surface area contributed by atoms with Gasteiger partial charge in [-0.2, -0.15) is 0 Å². The van der Waals surface area contributed by atoms with E-state index < -0.39 is 17.2 Å². The van der Waals surface area contributed by atoms with Crippen molar-refractivity contribution in [1.29, 1.82) is 0 Å². The molecule has 1 aliphatic carbocycles. The number of hydrogen-bond acceptors (Lipinski definition) is 8. The van der Waals surface area contributed by atoms with Crippen LogP contribution in [0.3, 0.4) is 0 Å². The Balaban J connectivity index is 1.59. The van der Waals surface area contributed by atoms with Crippen LogP contribution in [-0.4, -0.2) is 47.6 Å². The number of hydrogen-bond donors (Lipinski definition) is 2. The summed E-state index contributed by atoms with van der Waals surface area (Å²) >= 11 is 1.08. The van der Waals surface area contributed by atoms with E-state index in [-0.39, 0.29) is 17.2 Å². The quantitative estimate of drug-likeness (QED) is 0.657. The molecule has 1 aromatic heterocycles. The van der Waals surface area contributed by atoms with Crippen molar-refractivity contribution in [2.75, 3.05) is 14.2 Å². The van der Waals surface area contributed by atoms with Crippen LogP contribution in [0.1, 0.15) is 32.6 Å². The van der Waals surface area contributed by atoms with Gasteiger partial charge in [-0.05, 0) is 31.9 Å². The molecule has 156 valence electrons. The topological polar surface area (TPSA) is 116 Å². The van der Waals surface area contributed by atoms with Gasteiger partial charge in [0.25, 0.3) is 5.22 Å². The van der Waals surface area contributed by atoms with Crippen molar-refractivity contribution in [2.45, 2.75) is 49.1 Å². The predicted molar refractivity (Wildman–Crippen MR) is 107 cm³/mol. The van der Waals surface area contributed by atoms with Crippen LogP contribution in [0.15, 0.2) is 27.8 Å². The van der Waals surface area contributed by atoms with Crippen molar-refractivity contribution in [3.8, 4) is 23.0 Å². The second kappa shape index (κ2) is 9.64. The monoisotopic (exact) mass is 420 g/mol. The van der Waals surface area contributed by atoms with Gasteiger partial charge in [-0.25, -0.2) is 4.79 Å². The number of urea groups is 1. The first kappa shape index (κ1) is 21.0. The third-order valence-corrected chi connectivity index (χ3v) is 5.51. The minimum Gasteiger partial charge on any atom is -0.497 e. The predicted octanol–water partition coefficient (Wildman–Crippen LogP) is 3.00. The van der Waals surface area contributed by atoms with Crippen LogP contribution < -0.4 is 20.1 Å². The summed E-state index contributed by atoms with van der Waals surface area (Å²) < 4.78 is 16.1. The molecule has 0 spiro atoms. The Bertz CT molecular complexity index is 844. The maximum absolute atomic E-state index is 12.3. The number of benzene rings is 1. The maximum atomic E-state index is 12.3. The largest absolute Gasteiger partial charge is 0.497 e. The van der Waals surface area contributed by atoms with E-state index in [4.69, 9.17) is 13.9 Å². The zero-order valence-electron chi connectivity index (χ0n) is 16.6. The van der Waals surface area contributed by atoms with E-state index in [0.717, 1.165) is 37.4 Å². The molecule has 1 atom stereocenters. The standard InChI is InChI=1S/C19H24N4O5S/c1-11(16(24)21-18(25)20-13-6-4-5-7-13)29-19-23-22-17(28-19)12-8-14(26-2)10-15(9-12)27-3/h8-11,13H,4-7H2,1-3H3,(H2,20,21,24,25)/t11-/m1/s1. The Labute approximate surface area is 172 Å². The molecule has 0 aliphatic heterocycles. The molecular formula is C19H24N4O5S. The van der Waals surface area contributed by atoms with Gasteiger partial charge in [-0.3, -0.25) is 10.1 Å². The molecule has 1 aromatic carbocycles. The summed E-state index contributed by atoms with van der Waals surface area (Å²) in [5.41, 5.74) is 0.633. The Kier molecular flexibility index (Phi) is 6.97. The first-order valence-electron chi connectivity index (χ1n) is 9.33. The van der Waals surface area contributed by atoms with E-state index >= 15 is 0 Å².